The minimum absolute atomic E-state index is 0.0191. The summed E-state index contributed by atoms with van der Waals surface area (Å²) < 4.78 is 5.45. The summed E-state index contributed by atoms with van der Waals surface area (Å²) in [4.78, 5) is 17.0. The third-order valence-electron chi connectivity index (χ3n) is 6.09. The Morgan fingerprint density at radius 2 is 2.00 bits per heavy atom. The van der Waals surface area contributed by atoms with Gasteiger partial charge in [-0.2, -0.15) is 0 Å². The van der Waals surface area contributed by atoms with Crippen LogP contribution in [-0.2, 0) is 6.54 Å². The molecule has 6 heteroatoms. The van der Waals surface area contributed by atoms with Crippen molar-refractivity contribution < 1.29 is 9.32 Å². The second-order valence-electron chi connectivity index (χ2n) is 8.26. The van der Waals surface area contributed by atoms with E-state index in [-0.39, 0.29) is 5.91 Å². The van der Waals surface area contributed by atoms with Crippen LogP contribution in [0.15, 0.2) is 34.9 Å². The molecule has 1 atom stereocenters. The summed E-state index contributed by atoms with van der Waals surface area (Å²) in [6.07, 6.45) is 4.30. The van der Waals surface area contributed by atoms with Crippen molar-refractivity contribution in [2.24, 2.45) is 5.92 Å². The number of carbonyl (C=O) groups excluding carboxylic acids is 1. The van der Waals surface area contributed by atoms with Gasteiger partial charge in [0.2, 0.25) is 5.76 Å². The number of piperidine rings is 2. The quantitative estimate of drug-likeness (QED) is 0.752. The zero-order chi connectivity index (χ0) is 19.5. The van der Waals surface area contributed by atoms with Crippen LogP contribution in [0.5, 0.6) is 0 Å². The van der Waals surface area contributed by atoms with E-state index in [0.717, 1.165) is 74.7 Å². The van der Waals surface area contributed by atoms with Gasteiger partial charge in [-0.15, -0.1) is 0 Å². The van der Waals surface area contributed by atoms with Crippen molar-refractivity contribution in [2.75, 3.05) is 26.2 Å². The molecule has 5 nitrogen and oxygen atoms in total. The first kappa shape index (κ1) is 19.5. The molecule has 2 saturated heterocycles. The van der Waals surface area contributed by atoms with Crippen LogP contribution in [0.2, 0.25) is 5.02 Å². The van der Waals surface area contributed by atoms with Crippen LogP contribution in [0.3, 0.4) is 0 Å². The topological polar surface area (TPSA) is 49.6 Å². The molecule has 0 aliphatic carbocycles. The Balaban J connectivity index is 1.39. The number of aromatic nitrogens is 1. The van der Waals surface area contributed by atoms with Crippen LogP contribution < -0.4 is 0 Å². The Hall–Kier alpha value is -1.85. The number of hydrogen-bond acceptors (Lipinski definition) is 4. The number of halogens is 1. The van der Waals surface area contributed by atoms with Crippen LogP contribution in [0.25, 0.3) is 0 Å². The van der Waals surface area contributed by atoms with Gasteiger partial charge in [0.15, 0.2) is 0 Å². The fourth-order valence-electron chi connectivity index (χ4n) is 4.26. The largest absolute Gasteiger partial charge is 0.351 e. The summed E-state index contributed by atoms with van der Waals surface area (Å²) in [5.74, 6) is 1.35. The maximum atomic E-state index is 12.7. The number of benzene rings is 1. The standard InChI is InChI=1S/C22H28ClN3O2/c1-16-8-11-26(12-9-16)22(27)21-13-20(24-28-21)18-6-4-10-25(15-18)14-17-5-2-3-7-19(17)23/h2-3,5,7,13,16,18H,4,6,8-12,14-15H2,1H3. The first-order valence-electron chi connectivity index (χ1n) is 10.3. The van der Waals surface area contributed by atoms with Gasteiger partial charge in [-0.3, -0.25) is 9.69 Å². The molecule has 2 aliphatic heterocycles. The Bertz CT molecular complexity index is 814. The molecule has 3 heterocycles. The average molecular weight is 402 g/mol. The van der Waals surface area contributed by atoms with Crippen molar-refractivity contribution in [1.29, 1.82) is 0 Å². The second kappa shape index (κ2) is 8.66. The minimum Gasteiger partial charge on any atom is -0.351 e. The maximum Gasteiger partial charge on any atom is 0.292 e. The summed E-state index contributed by atoms with van der Waals surface area (Å²) in [5.41, 5.74) is 2.05. The highest BCUT2D eigenvalue weighted by atomic mass is 35.5. The van der Waals surface area contributed by atoms with Crippen molar-refractivity contribution in [1.82, 2.24) is 15.0 Å². The van der Waals surface area contributed by atoms with E-state index >= 15 is 0 Å². The first-order valence-corrected chi connectivity index (χ1v) is 10.7. The van der Waals surface area contributed by atoms with E-state index < -0.39 is 0 Å². The van der Waals surface area contributed by atoms with Gasteiger partial charge in [-0.05, 0) is 49.8 Å². The molecule has 0 spiro atoms. The van der Waals surface area contributed by atoms with Crippen molar-refractivity contribution in [3.05, 3.63) is 52.4 Å². The lowest BCUT2D eigenvalue weighted by Crippen LogP contribution is -2.37. The molecule has 1 aromatic carbocycles. The summed E-state index contributed by atoms with van der Waals surface area (Å²) in [6, 6.07) is 9.87. The fraction of sp³-hybridized carbons (Fsp3) is 0.545. The van der Waals surface area contributed by atoms with Crippen LogP contribution >= 0.6 is 11.6 Å². The van der Waals surface area contributed by atoms with Crippen molar-refractivity contribution >= 4 is 17.5 Å². The molecule has 4 rings (SSSR count). The van der Waals surface area contributed by atoms with Gasteiger partial charge in [-0.25, -0.2) is 0 Å². The van der Waals surface area contributed by atoms with Crippen LogP contribution in [0, 0.1) is 5.92 Å². The highest BCUT2D eigenvalue weighted by Crippen LogP contribution is 2.29. The Labute approximate surface area is 171 Å². The lowest BCUT2D eigenvalue weighted by molar-refractivity contribution is 0.0655. The van der Waals surface area contributed by atoms with E-state index in [2.05, 4.69) is 23.0 Å². The Kier molecular flexibility index (Phi) is 6.02. The van der Waals surface area contributed by atoms with Gasteiger partial charge >= 0.3 is 0 Å². The highest BCUT2D eigenvalue weighted by molar-refractivity contribution is 6.31. The summed E-state index contributed by atoms with van der Waals surface area (Å²) in [6.45, 7) is 6.66. The van der Waals surface area contributed by atoms with Crippen LogP contribution in [-0.4, -0.2) is 47.0 Å². The van der Waals surface area contributed by atoms with Crippen molar-refractivity contribution in [3.63, 3.8) is 0 Å². The van der Waals surface area contributed by atoms with Crippen molar-refractivity contribution in [2.45, 2.75) is 45.1 Å². The van der Waals surface area contributed by atoms with Gasteiger partial charge < -0.3 is 9.42 Å². The minimum atomic E-state index is -0.0191. The Morgan fingerprint density at radius 1 is 1.21 bits per heavy atom. The number of amides is 1. The van der Waals surface area contributed by atoms with E-state index in [9.17, 15) is 4.79 Å². The molecule has 2 aromatic rings. The number of hydrogen-bond donors (Lipinski definition) is 0. The predicted octanol–water partition coefficient (Wildman–Crippen LogP) is 4.58. The van der Waals surface area contributed by atoms with Gasteiger partial charge in [0.05, 0.1) is 5.69 Å². The predicted molar refractivity (Wildman–Crippen MR) is 110 cm³/mol. The van der Waals surface area contributed by atoms with Crippen LogP contribution in [0.1, 0.15) is 60.3 Å². The lowest BCUT2D eigenvalue weighted by Gasteiger charge is -2.32. The number of nitrogens with zero attached hydrogens (tertiary/aromatic N) is 3. The molecule has 0 bridgehead atoms. The SMILES string of the molecule is CC1CCN(C(=O)c2cc(C3CCCN(Cc4ccccc4Cl)C3)no2)CC1. The molecule has 28 heavy (non-hydrogen) atoms. The third-order valence-corrected chi connectivity index (χ3v) is 6.45. The molecule has 0 radical (unpaired) electrons. The average Bonchev–Trinajstić information content (AvgIpc) is 3.20. The van der Waals surface area contributed by atoms with Gasteiger partial charge in [0.25, 0.3) is 5.91 Å². The molecule has 1 aromatic heterocycles. The number of carbonyl (C=O) groups is 1. The molecule has 0 saturated carbocycles. The van der Waals surface area contributed by atoms with E-state index in [1.54, 1.807) is 0 Å². The molecule has 2 aliphatic rings. The van der Waals surface area contributed by atoms with Crippen molar-refractivity contribution in [3.8, 4) is 0 Å². The first-order chi connectivity index (χ1) is 13.6. The molecule has 1 unspecified atom stereocenters. The Morgan fingerprint density at radius 3 is 2.79 bits per heavy atom. The van der Waals surface area contributed by atoms with E-state index in [0.29, 0.717) is 17.6 Å². The number of rotatable bonds is 4. The van der Waals surface area contributed by atoms with E-state index in [4.69, 9.17) is 16.1 Å². The molecule has 2 fully saturated rings. The number of likely N-dealkylation sites (tertiary alicyclic amines) is 2. The zero-order valence-electron chi connectivity index (χ0n) is 16.4. The molecule has 0 N–H and O–H groups in total. The molecule has 1 amide bonds. The summed E-state index contributed by atoms with van der Waals surface area (Å²) >= 11 is 6.32. The van der Waals surface area contributed by atoms with Gasteiger partial charge in [-0.1, -0.05) is 41.9 Å². The summed E-state index contributed by atoms with van der Waals surface area (Å²) in [7, 11) is 0. The maximum absolute atomic E-state index is 12.7. The second-order valence-corrected chi connectivity index (χ2v) is 8.66. The lowest BCUT2D eigenvalue weighted by atomic mass is 9.94. The smallest absolute Gasteiger partial charge is 0.292 e. The monoisotopic (exact) mass is 401 g/mol. The normalized spacial score (nSPS) is 21.8. The highest BCUT2D eigenvalue weighted by Gasteiger charge is 2.28. The van der Waals surface area contributed by atoms with Gasteiger partial charge in [0.1, 0.15) is 0 Å². The fourth-order valence-corrected chi connectivity index (χ4v) is 4.45. The van der Waals surface area contributed by atoms with Crippen LogP contribution in [0.4, 0.5) is 0 Å². The summed E-state index contributed by atoms with van der Waals surface area (Å²) in [5, 5.41) is 5.07. The molecular weight excluding hydrogens is 374 g/mol. The van der Waals surface area contributed by atoms with E-state index in [1.807, 2.05) is 29.2 Å². The third kappa shape index (κ3) is 4.41. The zero-order valence-corrected chi connectivity index (χ0v) is 17.2. The van der Waals surface area contributed by atoms with Gasteiger partial charge in [0, 0.05) is 43.2 Å². The molecule has 150 valence electrons. The molecular formula is C22H28ClN3O2. The van der Waals surface area contributed by atoms with E-state index in [1.165, 1.54) is 0 Å².